The number of thiazole rings is 1. The molecule has 0 spiro atoms. The maximum atomic E-state index is 12.2. The summed E-state index contributed by atoms with van der Waals surface area (Å²) < 4.78 is 11.1. The number of aromatic nitrogens is 1. The van der Waals surface area contributed by atoms with Gasteiger partial charge in [-0.3, -0.25) is 10.1 Å². The van der Waals surface area contributed by atoms with Gasteiger partial charge in [0.25, 0.3) is 5.91 Å². The molecule has 0 fully saturated rings. The third-order valence-corrected chi connectivity index (χ3v) is 4.00. The number of methoxy groups -OCH3 is 1. The molecular formula is C18H16N2O3S. The molecule has 24 heavy (non-hydrogen) atoms. The van der Waals surface area contributed by atoms with E-state index >= 15 is 0 Å². The van der Waals surface area contributed by atoms with Crippen LogP contribution >= 0.6 is 11.3 Å². The first-order valence-electron chi connectivity index (χ1n) is 7.32. The van der Waals surface area contributed by atoms with Crippen molar-refractivity contribution in [3.05, 3.63) is 71.2 Å². The van der Waals surface area contributed by atoms with Crippen molar-refractivity contribution in [2.75, 3.05) is 12.4 Å². The summed E-state index contributed by atoms with van der Waals surface area (Å²) >= 11 is 1.37. The summed E-state index contributed by atoms with van der Waals surface area (Å²) in [5, 5.41) is 5.10. The van der Waals surface area contributed by atoms with Gasteiger partial charge in [-0.1, -0.05) is 30.3 Å². The Bertz CT molecular complexity index is 804. The van der Waals surface area contributed by atoms with Crippen molar-refractivity contribution in [1.82, 2.24) is 4.98 Å². The number of ether oxygens (including phenoxy) is 2. The van der Waals surface area contributed by atoms with Crippen LogP contribution in [0.4, 0.5) is 5.13 Å². The number of nitrogens with one attached hydrogen (secondary N) is 1. The molecule has 0 radical (unpaired) electrons. The molecule has 0 aliphatic heterocycles. The molecule has 5 nitrogen and oxygen atoms in total. The number of hydrogen-bond donors (Lipinski definition) is 1. The highest BCUT2D eigenvalue weighted by atomic mass is 32.1. The molecule has 0 saturated carbocycles. The minimum atomic E-state index is -0.238. The maximum absolute atomic E-state index is 12.2. The first-order valence-corrected chi connectivity index (χ1v) is 8.20. The lowest BCUT2D eigenvalue weighted by atomic mass is 10.2. The Morgan fingerprint density at radius 1 is 1.17 bits per heavy atom. The third-order valence-electron chi connectivity index (χ3n) is 3.32. The summed E-state index contributed by atoms with van der Waals surface area (Å²) in [4.78, 5) is 16.3. The van der Waals surface area contributed by atoms with E-state index in [0.29, 0.717) is 28.8 Å². The van der Waals surface area contributed by atoms with Gasteiger partial charge in [-0.05, 0) is 23.8 Å². The van der Waals surface area contributed by atoms with Crippen LogP contribution in [0.15, 0.2) is 60.1 Å². The number of nitrogens with zero attached hydrogens (tertiary/aromatic N) is 1. The van der Waals surface area contributed by atoms with Crippen LogP contribution in [0.25, 0.3) is 0 Å². The molecule has 1 N–H and O–H groups in total. The Labute approximate surface area is 143 Å². The molecule has 2 aromatic carbocycles. The molecule has 0 aliphatic rings. The van der Waals surface area contributed by atoms with E-state index in [4.69, 9.17) is 9.47 Å². The lowest BCUT2D eigenvalue weighted by Gasteiger charge is -2.12. The smallest absolute Gasteiger partial charge is 0.257 e. The molecule has 0 aliphatic carbocycles. The van der Waals surface area contributed by atoms with Crippen LogP contribution in [-0.4, -0.2) is 18.0 Å². The monoisotopic (exact) mass is 340 g/mol. The number of amides is 1. The van der Waals surface area contributed by atoms with Gasteiger partial charge < -0.3 is 9.47 Å². The van der Waals surface area contributed by atoms with E-state index in [0.717, 1.165) is 5.56 Å². The Morgan fingerprint density at radius 2 is 2.00 bits per heavy atom. The van der Waals surface area contributed by atoms with Gasteiger partial charge in [0.1, 0.15) is 6.61 Å². The SMILES string of the molecule is COc1cc(C(=O)Nc2nccs2)ccc1OCc1ccccc1. The number of rotatable bonds is 6. The number of anilines is 1. The number of hydrogen-bond acceptors (Lipinski definition) is 5. The van der Waals surface area contributed by atoms with Crippen molar-refractivity contribution in [3.8, 4) is 11.5 Å². The maximum Gasteiger partial charge on any atom is 0.257 e. The van der Waals surface area contributed by atoms with Crippen molar-refractivity contribution in [3.63, 3.8) is 0 Å². The Hall–Kier alpha value is -2.86. The second kappa shape index (κ2) is 7.61. The predicted octanol–water partition coefficient (Wildman–Crippen LogP) is 3.98. The molecule has 122 valence electrons. The zero-order valence-corrected chi connectivity index (χ0v) is 13.9. The first-order chi connectivity index (χ1) is 11.8. The number of carbonyl (C=O) groups excluding carboxylic acids is 1. The Morgan fingerprint density at radius 3 is 2.71 bits per heavy atom. The van der Waals surface area contributed by atoms with Gasteiger partial charge in [0, 0.05) is 17.1 Å². The molecule has 6 heteroatoms. The van der Waals surface area contributed by atoms with E-state index in [2.05, 4.69) is 10.3 Å². The van der Waals surface area contributed by atoms with Gasteiger partial charge in [-0.25, -0.2) is 4.98 Å². The van der Waals surface area contributed by atoms with Crippen molar-refractivity contribution >= 4 is 22.4 Å². The van der Waals surface area contributed by atoms with E-state index in [1.807, 2.05) is 30.3 Å². The Kier molecular flexibility index (Phi) is 5.08. The van der Waals surface area contributed by atoms with Crippen LogP contribution in [0, 0.1) is 0 Å². The number of benzene rings is 2. The van der Waals surface area contributed by atoms with E-state index in [-0.39, 0.29) is 5.91 Å². The highest BCUT2D eigenvalue weighted by Gasteiger charge is 2.12. The summed E-state index contributed by atoms with van der Waals surface area (Å²) in [5.74, 6) is 0.864. The Balaban J connectivity index is 1.71. The fourth-order valence-electron chi connectivity index (χ4n) is 2.12. The van der Waals surface area contributed by atoms with Crippen LogP contribution in [0.1, 0.15) is 15.9 Å². The average molecular weight is 340 g/mol. The number of carbonyl (C=O) groups is 1. The molecule has 3 aromatic rings. The van der Waals surface area contributed by atoms with E-state index in [1.165, 1.54) is 11.3 Å². The van der Waals surface area contributed by atoms with Crippen LogP contribution < -0.4 is 14.8 Å². The summed E-state index contributed by atoms with van der Waals surface area (Å²) in [6.07, 6.45) is 1.64. The van der Waals surface area contributed by atoms with Crippen molar-refractivity contribution in [2.45, 2.75) is 6.61 Å². The van der Waals surface area contributed by atoms with E-state index in [9.17, 15) is 4.79 Å². The highest BCUT2D eigenvalue weighted by molar-refractivity contribution is 7.13. The van der Waals surface area contributed by atoms with Crippen LogP contribution in [-0.2, 0) is 6.61 Å². The lowest BCUT2D eigenvalue weighted by molar-refractivity contribution is 0.102. The van der Waals surface area contributed by atoms with Crippen molar-refractivity contribution in [1.29, 1.82) is 0 Å². The molecule has 1 aromatic heterocycles. The second-order valence-electron chi connectivity index (χ2n) is 4.93. The second-order valence-corrected chi connectivity index (χ2v) is 5.83. The first kappa shape index (κ1) is 16.0. The van der Waals surface area contributed by atoms with Crippen LogP contribution in [0.5, 0.6) is 11.5 Å². The molecule has 3 rings (SSSR count). The molecule has 0 saturated heterocycles. The average Bonchev–Trinajstić information content (AvgIpc) is 3.13. The van der Waals surface area contributed by atoms with Crippen LogP contribution in [0.3, 0.4) is 0 Å². The van der Waals surface area contributed by atoms with Gasteiger partial charge >= 0.3 is 0 Å². The molecule has 0 bridgehead atoms. The van der Waals surface area contributed by atoms with Crippen LogP contribution in [0.2, 0.25) is 0 Å². The fraction of sp³-hybridized carbons (Fsp3) is 0.111. The predicted molar refractivity (Wildman–Crippen MR) is 93.8 cm³/mol. The normalized spacial score (nSPS) is 10.2. The van der Waals surface area contributed by atoms with Crippen molar-refractivity contribution < 1.29 is 14.3 Å². The van der Waals surface area contributed by atoms with Gasteiger partial charge in [0.2, 0.25) is 0 Å². The summed E-state index contributed by atoms with van der Waals surface area (Å²) in [5.41, 5.74) is 1.54. The summed E-state index contributed by atoms with van der Waals surface area (Å²) in [6.45, 7) is 0.432. The molecule has 0 atom stereocenters. The fourth-order valence-corrected chi connectivity index (χ4v) is 2.64. The summed E-state index contributed by atoms with van der Waals surface area (Å²) in [7, 11) is 1.55. The topological polar surface area (TPSA) is 60.5 Å². The summed E-state index contributed by atoms with van der Waals surface area (Å²) in [6, 6.07) is 14.9. The highest BCUT2D eigenvalue weighted by Crippen LogP contribution is 2.29. The largest absolute Gasteiger partial charge is 0.493 e. The van der Waals surface area contributed by atoms with E-state index < -0.39 is 0 Å². The van der Waals surface area contributed by atoms with E-state index in [1.54, 1.807) is 36.9 Å². The molecule has 1 heterocycles. The molecule has 1 amide bonds. The standard InChI is InChI=1S/C18H16N2O3S/c1-22-16-11-14(17(21)20-18-19-9-10-24-18)7-8-15(16)23-12-13-5-3-2-4-6-13/h2-11H,12H2,1H3,(H,19,20,21). The van der Waals surface area contributed by atoms with Crippen molar-refractivity contribution in [2.24, 2.45) is 0 Å². The quantitative estimate of drug-likeness (QED) is 0.737. The van der Waals surface area contributed by atoms with Gasteiger partial charge in [-0.2, -0.15) is 0 Å². The molecule has 0 unspecified atom stereocenters. The minimum absolute atomic E-state index is 0.238. The zero-order chi connectivity index (χ0) is 16.8. The third kappa shape index (κ3) is 3.91. The van der Waals surface area contributed by atoms with Gasteiger partial charge in [-0.15, -0.1) is 11.3 Å². The van der Waals surface area contributed by atoms with Gasteiger partial charge in [0.15, 0.2) is 16.6 Å². The van der Waals surface area contributed by atoms with Gasteiger partial charge in [0.05, 0.1) is 7.11 Å². The molecular weight excluding hydrogens is 324 g/mol. The zero-order valence-electron chi connectivity index (χ0n) is 13.1. The minimum Gasteiger partial charge on any atom is -0.493 e. The lowest BCUT2D eigenvalue weighted by Crippen LogP contribution is -2.12.